The lowest BCUT2D eigenvalue weighted by Gasteiger charge is -2.11. The molecule has 4 nitrogen and oxygen atoms in total. The number of rotatable bonds is 7. The Balaban J connectivity index is 1.52. The van der Waals surface area contributed by atoms with E-state index in [1.165, 1.54) is 0 Å². The highest BCUT2D eigenvalue weighted by molar-refractivity contribution is 7.99. The van der Waals surface area contributed by atoms with Crippen LogP contribution in [0.3, 0.4) is 0 Å². The van der Waals surface area contributed by atoms with Gasteiger partial charge in [0.05, 0.1) is 11.3 Å². The van der Waals surface area contributed by atoms with Gasteiger partial charge in [-0.25, -0.2) is 0 Å². The van der Waals surface area contributed by atoms with Crippen molar-refractivity contribution in [3.63, 3.8) is 0 Å². The number of hydrogen-bond acceptors (Lipinski definition) is 3. The monoisotopic (exact) mass is 374 g/mol. The van der Waals surface area contributed by atoms with Gasteiger partial charge in [-0.05, 0) is 49.2 Å². The molecule has 0 spiro atoms. The maximum absolute atomic E-state index is 12.2. The first-order valence-electron chi connectivity index (χ1n) is 8.20. The minimum atomic E-state index is -0.131. The fraction of sp³-hybridized carbons (Fsp3) is 0.263. The molecule has 0 bridgehead atoms. The van der Waals surface area contributed by atoms with Crippen LogP contribution >= 0.6 is 23.4 Å². The fourth-order valence-electron chi connectivity index (χ4n) is 2.29. The number of carbonyl (C=O) groups excluding carboxylic acids is 2. The normalized spacial score (nSPS) is 13.3. The van der Waals surface area contributed by atoms with Crippen LogP contribution in [0.25, 0.3) is 0 Å². The van der Waals surface area contributed by atoms with Gasteiger partial charge in [0.1, 0.15) is 0 Å². The Kier molecular flexibility index (Phi) is 6.00. The van der Waals surface area contributed by atoms with Crippen LogP contribution in [-0.2, 0) is 4.79 Å². The lowest BCUT2D eigenvalue weighted by molar-refractivity contribution is -0.115. The molecule has 2 N–H and O–H groups in total. The summed E-state index contributed by atoms with van der Waals surface area (Å²) in [6.07, 6.45) is 2.43. The van der Waals surface area contributed by atoms with Crippen molar-refractivity contribution in [3.8, 4) is 0 Å². The van der Waals surface area contributed by atoms with Gasteiger partial charge in [0.15, 0.2) is 0 Å². The summed E-state index contributed by atoms with van der Waals surface area (Å²) < 4.78 is 0. The van der Waals surface area contributed by atoms with Crippen molar-refractivity contribution < 1.29 is 9.59 Å². The molecule has 25 heavy (non-hydrogen) atoms. The van der Waals surface area contributed by atoms with E-state index in [9.17, 15) is 9.59 Å². The van der Waals surface area contributed by atoms with Crippen molar-refractivity contribution >= 4 is 40.9 Å². The Morgan fingerprint density at radius 1 is 1.08 bits per heavy atom. The molecule has 6 heteroatoms. The average Bonchev–Trinajstić information content (AvgIpc) is 3.41. The summed E-state index contributed by atoms with van der Waals surface area (Å²) in [7, 11) is 0. The predicted molar refractivity (Wildman–Crippen MR) is 102 cm³/mol. The molecule has 2 amide bonds. The van der Waals surface area contributed by atoms with E-state index >= 15 is 0 Å². The molecule has 0 aromatic heterocycles. The van der Waals surface area contributed by atoms with E-state index in [1.807, 2.05) is 30.3 Å². The zero-order valence-corrected chi connectivity index (χ0v) is 15.2. The largest absolute Gasteiger partial charge is 0.349 e. The van der Waals surface area contributed by atoms with Crippen LogP contribution in [0.1, 0.15) is 29.6 Å². The topological polar surface area (TPSA) is 58.2 Å². The molecular formula is C19H19ClN2O2S. The summed E-state index contributed by atoms with van der Waals surface area (Å²) >= 11 is 7.45. The summed E-state index contributed by atoms with van der Waals surface area (Å²) in [5.41, 5.74) is 1.07. The highest BCUT2D eigenvalue weighted by Gasteiger charge is 2.24. The molecule has 1 aliphatic rings. The summed E-state index contributed by atoms with van der Waals surface area (Å²) in [4.78, 5) is 25.5. The second kappa shape index (κ2) is 8.41. The van der Waals surface area contributed by atoms with Gasteiger partial charge in [-0.2, -0.15) is 0 Å². The van der Waals surface area contributed by atoms with E-state index in [-0.39, 0.29) is 17.9 Å². The first kappa shape index (κ1) is 17.8. The number of carbonyl (C=O) groups is 2. The molecule has 2 aromatic carbocycles. The molecule has 0 aliphatic heterocycles. The fourth-order valence-corrected chi connectivity index (χ4v) is 3.26. The van der Waals surface area contributed by atoms with Crippen LogP contribution in [0.5, 0.6) is 0 Å². The number of anilines is 1. The molecule has 0 unspecified atom stereocenters. The van der Waals surface area contributed by atoms with Crippen molar-refractivity contribution in [2.75, 3.05) is 11.1 Å². The number of benzene rings is 2. The average molecular weight is 375 g/mol. The maximum Gasteiger partial charge on any atom is 0.253 e. The van der Waals surface area contributed by atoms with Gasteiger partial charge in [0, 0.05) is 28.1 Å². The Bertz CT molecular complexity index is 760. The molecule has 0 saturated heterocycles. The van der Waals surface area contributed by atoms with Gasteiger partial charge in [-0.3, -0.25) is 9.59 Å². The molecule has 0 atom stereocenters. The molecule has 130 valence electrons. The van der Waals surface area contributed by atoms with E-state index < -0.39 is 0 Å². The lowest BCUT2D eigenvalue weighted by Crippen LogP contribution is -2.27. The SMILES string of the molecule is O=C(CCSc1ccc(Cl)cc1)Nc1ccccc1C(=O)NC1CC1. The molecule has 1 saturated carbocycles. The molecule has 0 heterocycles. The van der Waals surface area contributed by atoms with Crippen molar-refractivity contribution in [1.82, 2.24) is 5.32 Å². The zero-order chi connectivity index (χ0) is 17.6. The maximum atomic E-state index is 12.2. The van der Waals surface area contributed by atoms with Gasteiger partial charge >= 0.3 is 0 Å². The standard InChI is InChI=1S/C19H19ClN2O2S/c20-13-5-9-15(10-6-13)25-12-11-18(23)22-17-4-2-1-3-16(17)19(24)21-14-7-8-14/h1-6,9-10,14H,7-8,11-12H2,(H,21,24)(H,22,23). The summed E-state index contributed by atoms with van der Waals surface area (Å²) in [6.45, 7) is 0. The highest BCUT2D eigenvalue weighted by atomic mass is 35.5. The van der Waals surface area contributed by atoms with Crippen LogP contribution in [0, 0.1) is 0 Å². The van der Waals surface area contributed by atoms with E-state index in [0.29, 0.717) is 28.4 Å². The number of hydrogen-bond donors (Lipinski definition) is 2. The Morgan fingerprint density at radius 2 is 1.80 bits per heavy atom. The van der Waals surface area contributed by atoms with Crippen LogP contribution < -0.4 is 10.6 Å². The van der Waals surface area contributed by atoms with E-state index in [4.69, 9.17) is 11.6 Å². The Labute approximate surface area is 156 Å². The minimum absolute atomic E-state index is 0.104. The summed E-state index contributed by atoms with van der Waals surface area (Å²) in [6, 6.07) is 14.9. The molecule has 0 radical (unpaired) electrons. The third-order valence-electron chi connectivity index (χ3n) is 3.77. The lowest BCUT2D eigenvalue weighted by atomic mass is 10.1. The van der Waals surface area contributed by atoms with Crippen LogP contribution in [0.4, 0.5) is 5.69 Å². The molecule has 1 aliphatic carbocycles. The molecule has 3 rings (SSSR count). The Hall–Kier alpha value is -1.98. The number of halogens is 1. The predicted octanol–water partition coefficient (Wildman–Crippen LogP) is 4.35. The smallest absolute Gasteiger partial charge is 0.253 e. The van der Waals surface area contributed by atoms with Gasteiger partial charge in [-0.15, -0.1) is 11.8 Å². The third-order valence-corrected chi connectivity index (χ3v) is 5.04. The van der Waals surface area contributed by atoms with Gasteiger partial charge in [-0.1, -0.05) is 23.7 Å². The number of nitrogens with one attached hydrogen (secondary N) is 2. The first-order valence-corrected chi connectivity index (χ1v) is 9.56. The second-order valence-corrected chi connectivity index (χ2v) is 7.50. The van der Waals surface area contributed by atoms with Gasteiger partial charge < -0.3 is 10.6 Å². The van der Waals surface area contributed by atoms with E-state index in [0.717, 1.165) is 17.7 Å². The Morgan fingerprint density at radius 3 is 2.52 bits per heavy atom. The quantitative estimate of drug-likeness (QED) is 0.708. The molecular weight excluding hydrogens is 356 g/mol. The van der Waals surface area contributed by atoms with Crippen LogP contribution in [0.2, 0.25) is 5.02 Å². The van der Waals surface area contributed by atoms with Gasteiger partial charge in [0.25, 0.3) is 5.91 Å². The van der Waals surface area contributed by atoms with Crippen LogP contribution in [0.15, 0.2) is 53.4 Å². The first-order chi connectivity index (χ1) is 12.1. The van der Waals surface area contributed by atoms with Crippen LogP contribution in [-0.4, -0.2) is 23.6 Å². The van der Waals surface area contributed by atoms with Crippen molar-refractivity contribution in [2.45, 2.75) is 30.2 Å². The van der Waals surface area contributed by atoms with Crippen molar-refractivity contribution in [3.05, 3.63) is 59.1 Å². The van der Waals surface area contributed by atoms with Gasteiger partial charge in [0.2, 0.25) is 5.91 Å². The van der Waals surface area contributed by atoms with E-state index in [1.54, 1.807) is 30.0 Å². The second-order valence-electron chi connectivity index (χ2n) is 5.89. The zero-order valence-electron chi connectivity index (χ0n) is 13.6. The summed E-state index contributed by atoms with van der Waals surface area (Å²) in [5, 5.41) is 6.49. The molecule has 1 fully saturated rings. The van der Waals surface area contributed by atoms with Crippen molar-refractivity contribution in [2.24, 2.45) is 0 Å². The molecule has 2 aromatic rings. The minimum Gasteiger partial charge on any atom is -0.349 e. The summed E-state index contributed by atoms with van der Waals surface area (Å²) in [5.74, 6) is 0.422. The number of thioether (sulfide) groups is 1. The third kappa shape index (κ3) is 5.51. The van der Waals surface area contributed by atoms with E-state index in [2.05, 4.69) is 10.6 Å². The highest BCUT2D eigenvalue weighted by Crippen LogP contribution is 2.23. The number of para-hydroxylation sites is 1. The number of amides is 2. The van der Waals surface area contributed by atoms with Crippen molar-refractivity contribution in [1.29, 1.82) is 0 Å².